The number of carbonyl (C=O) groups is 1. The summed E-state index contributed by atoms with van der Waals surface area (Å²) in [6, 6.07) is 0. The maximum Gasteiger partial charge on any atom is 0.281 e. The van der Waals surface area contributed by atoms with Crippen LogP contribution in [0.1, 0.15) is 12.8 Å². The Morgan fingerprint density at radius 3 is 2.78 bits per heavy atom. The zero-order chi connectivity index (χ0) is 13.8. The molecule has 1 saturated heterocycles. The van der Waals surface area contributed by atoms with Crippen molar-refractivity contribution in [2.45, 2.75) is 12.8 Å². The van der Waals surface area contributed by atoms with Gasteiger partial charge in [0.05, 0.1) is 5.92 Å². The highest BCUT2D eigenvalue weighted by atomic mass is 32.2. The Bertz CT molecular complexity index is 406. The van der Waals surface area contributed by atoms with Crippen molar-refractivity contribution in [2.24, 2.45) is 5.92 Å². The van der Waals surface area contributed by atoms with Gasteiger partial charge < -0.3 is 5.32 Å². The van der Waals surface area contributed by atoms with E-state index in [0.717, 1.165) is 6.42 Å². The van der Waals surface area contributed by atoms with E-state index >= 15 is 0 Å². The fraction of sp³-hybridized carbons (Fsp3) is 0.727. The molecule has 1 fully saturated rings. The zero-order valence-corrected chi connectivity index (χ0v) is 11.7. The molecule has 1 rings (SSSR count). The van der Waals surface area contributed by atoms with Crippen LogP contribution in [0, 0.1) is 5.92 Å². The van der Waals surface area contributed by atoms with Crippen LogP contribution in [-0.2, 0) is 15.0 Å². The van der Waals surface area contributed by atoms with E-state index in [0.29, 0.717) is 19.5 Å². The Hall–Kier alpha value is -0.920. The summed E-state index contributed by atoms with van der Waals surface area (Å²) in [6.45, 7) is 4.67. The Labute approximate surface area is 109 Å². The van der Waals surface area contributed by atoms with Gasteiger partial charge in [0, 0.05) is 33.7 Å². The van der Waals surface area contributed by atoms with Crippen LogP contribution in [-0.4, -0.2) is 56.7 Å². The van der Waals surface area contributed by atoms with Crippen molar-refractivity contribution in [2.75, 3.05) is 33.7 Å². The molecular formula is C11H21N3O3S. The molecule has 0 aromatic rings. The molecule has 0 spiro atoms. The van der Waals surface area contributed by atoms with Crippen LogP contribution < -0.4 is 5.32 Å². The summed E-state index contributed by atoms with van der Waals surface area (Å²) < 4.78 is 26.5. The molecule has 0 saturated carbocycles. The molecule has 0 aromatic carbocycles. The second-order valence-corrected chi connectivity index (χ2v) is 6.66. The maximum absolute atomic E-state index is 12.0. The molecule has 1 heterocycles. The topological polar surface area (TPSA) is 69.7 Å². The number of amides is 1. The summed E-state index contributed by atoms with van der Waals surface area (Å²) in [5.41, 5.74) is 0. The highest BCUT2D eigenvalue weighted by Crippen LogP contribution is 2.20. The molecular weight excluding hydrogens is 254 g/mol. The van der Waals surface area contributed by atoms with Crippen LogP contribution in [0.4, 0.5) is 0 Å². The van der Waals surface area contributed by atoms with Gasteiger partial charge in [-0.1, -0.05) is 6.08 Å². The first-order chi connectivity index (χ1) is 8.39. The third-order valence-corrected chi connectivity index (χ3v) is 4.87. The highest BCUT2D eigenvalue weighted by molar-refractivity contribution is 7.86. The number of nitrogens with zero attached hydrogens (tertiary/aromatic N) is 2. The summed E-state index contributed by atoms with van der Waals surface area (Å²) in [4.78, 5) is 11.8. The van der Waals surface area contributed by atoms with Gasteiger partial charge >= 0.3 is 0 Å². The van der Waals surface area contributed by atoms with E-state index in [4.69, 9.17) is 0 Å². The van der Waals surface area contributed by atoms with Crippen LogP contribution >= 0.6 is 0 Å². The van der Waals surface area contributed by atoms with Gasteiger partial charge in [-0.2, -0.15) is 17.0 Å². The van der Waals surface area contributed by atoms with Gasteiger partial charge in [-0.25, -0.2) is 0 Å². The van der Waals surface area contributed by atoms with Crippen molar-refractivity contribution < 1.29 is 13.2 Å². The number of hydrogen-bond donors (Lipinski definition) is 1. The van der Waals surface area contributed by atoms with E-state index in [-0.39, 0.29) is 18.4 Å². The SMILES string of the molecule is C=CCNC(=O)[C@@H]1CCCN(S(=O)(=O)N(C)C)C1. The quantitative estimate of drug-likeness (QED) is 0.707. The molecule has 1 atom stereocenters. The van der Waals surface area contributed by atoms with Crippen molar-refractivity contribution >= 4 is 16.1 Å². The van der Waals surface area contributed by atoms with Crippen LogP contribution in [0.25, 0.3) is 0 Å². The minimum absolute atomic E-state index is 0.103. The monoisotopic (exact) mass is 275 g/mol. The zero-order valence-electron chi connectivity index (χ0n) is 10.9. The largest absolute Gasteiger partial charge is 0.352 e. The molecule has 0 aliphatic carbocycles. The second-order valence-electron chi connectivity index (χ2n) is 4.52. The van der Waals surface area contributed by atoms with Crippen molar-refractivity contribution in [1.82, 2.24) is 13.9 Å². The molecule has 1 amide bonds. The standard InChI is InChI=1S/C11H21N3O3S/c1-4-7-12-11(15)10-6-5-8-14(9-10)18(16,17)13(2)3/h4,10H,1,5-9H2,2-3H3,(H,12,15)/t10-/m1/s1. The highest BCUT2D eigenvalue weighted by Gasteiger charge is 2.33. The molecule has 1 aliphatic heterocycles. The first-order valence-corrected chi connectivity index (χ1v) is 7.35. The lowest BCUT2D eigenvalue weighted by Gasteiger charge is -2.32. The van der Waals surface area contributed by atoms with Crippen LogP contribution in [0.15, 0.2) is 12.7 Å². The third-order valence-electron chi connectivity index (χ3n) is 2.96. The van der Waals surface area contributed by atoms with E-state index in [1.165, 1.54) is 22.7 Å². The molecule has 1 aliphatic rings. The minimum atomic E-state index is -3.42. The lowest BCUT2D eigenvalue weighted by atomic mass is 9.99. The Morgan fingerprint density at radius 2 is 2.22 bits per heavy atom. The predicted molar refractivity (Wildman–Crippen MR) is 70.1 cm³/mol. The lowest BCUT2D eigenvalue weighted by molar-refractivity contribution is -0.125. The molecule has 0 aromatic heterocycles. The number of carbonyl (C=O) groups excluding carboxylic acids is 1. The molecule has 1 N–H and O–H groups in total. The Kier molecular flexibility index (Phi) is 5.30. The van der Waals surface area contributed by atoms with Gasteiger partial charge in [0.2, 0.25) is 5.91 Å². The van der Waals surface area contributed by atoms with Gasteiger partial charge in [0.15, 0.2) is 0 Å². The Morgan fingerprint density at radius 1 is 1.56 bits per heavy atom. The summed E-state index contributed by atoms with van der Waals surface area (Å²) in [7, 11) is -0.427. The lowest BCUT2D eigenvalue weighted by Crippen LogP contribution is -2.48. The number of nitrogens with one attached hydrogen (secondary N) is 1. The minimum Gasteiger partial charge on any atom is -0.352 e. The average molecular weight is 275 g/mol. The van der Waals surface area contributed by atoms with Crippen molar-refractivity contribution in [3.05, 3.63) is 12.7 Å². The maximum atomic E-state index is 12.0. The van der Waals surface area contributed by atoms with Gasteiger partial charge in [0.1, 0.15) is 0 Å². The Balaban J connectivity index is 2.67. The van der Waals surface area contributed by atoms with Gasteiger partial charge in [-0.3, -0.25) is 4.79 Å². The molecule has 0 bridgehead atoms. The number of rotatable bonds is 5. The molecule has 0 unspecified atom stereocenters. The number of hydrogen-bond acceptors (Lipinski definition) is 3. The summed E-state index contributed by atoms with van der Waals surface area (Å²) in [5.74, 6) is -0.373. The first kappa shape index (κ1) is 15.1. The normalized spacial score (nSPS) is 21.8. The predicted octanol–water partition coefficient (Wildman–Crippen LogP) is -0.193. The van der Waals surface area contributed by atoms with E-state index in [9.17, 15) is 13.2 Å². The van der Waals surface area contributed by atoms with E-state index in [1.54, 1.807) is 6.08 Å². The summed E-state index contributed by atoms with van der Waals surface area (Å²) in [6.07, 6.45) is 3.04. The first-order valence-electron chi connectivity index (χ1n) is 5.95. The van der Waals surface area contributed by atoms with E-state index in [2.05, 4.69) is 11.9 Å². The smallest absolute Gasteiger partial charge is 0.281 e. The van der Waals surface area contributed by atoms with E-state index < -0.39 is 10.2 Å². The van der Waals surface area contributed by atoms with Crippen molar-refractivity contribution in [3.8, 4) is 0 Å². The van der Waals surface area contributed by atoms with Gasteiger partial charge in [-0.05, 0) is 12.8 Å². The fourth-order valence-corrected chi connectivity index (χ4v) is 3.10. The fourth-order valence-electron chi connectivity index (χ4n) is 1.91. The molecule has 7 heteroatoms. The van der Waals surface area contributed by atoms with Crippen molar-refractivity contribution in [3.63, 3.8) is 0 Å². The van der Waals surface area contributed by atoms with Crippen LogP contribution in [0.3, 0.4) is 0 Å². The van der Waals surface area contributed by atoms with Crippen LogP contribution in [0.2, 0.25) is 0 Å². The number of piperidine rings is 1. The van der Waals surface area contributed by atoms with E-state index in [1.807, 2.05) is 0 Å². The summed E-state index contributed by atoms with van der Waals surface area (Å²) in [5, 5.41) is 2.71. The van der Waals surface area contributed by atoms with Gasteiger partial charge in [0.25, 0.3) is 10.2 Å². The summed E-state index contributed by atoms with van der Waals surface area (Å²) >= 11 is 0. The third kappa shape index (κ3) is 3.54. The second kappa shape index (κ2) is 6.31. The molecule has 104 valence electrons. The van der Waals surface area contributed by atoms with Gasteiger partial charge in [-0.15, -0.1) is 6.58 Å². The van der Waals surface area contributed by atoms with Crippen LogP contribution in [0.5, 0.6) is 0 Å². The molecule has 6 nitrogen and oxygen atoms in total. The average Bonchev–Trinajstić information content (AvgIpc) is 2.35. The molecule has 18 heavy (non-hydrogen) atoms. The molecule has 0 radical (unpaired) electrons. The van der Waals surface area contributed by atoms with Crippen molar-refractivity contribution in [1.29, 1.82) is 0 Å².